The Bertz CT molecular complexity index is 399. The molecule has 1 heterocycles. The van der Waals surface area contributed by atoms with E-state index in [1.807, 2.05) is 24.3 Å². The zero-order valence-electron chi connectivity index (χ0n) is 7.27. The Balaban J connectivity index is 0.000000213. The maximum absolute atomic E-state index is 9.00. The normalized spacial score (nSPS) is 9.14. The van der Waals surface area contributed by atoms with Gasteiger partial charge < -0.3 is 20.9 Å². The van der Waals surface area contributed by atoms with Crippen LogP contribution in [-0.4, -0.2) is 21.3 Å². The summed E-state index contributed by atoms with van der Waals surface area (Å²) in [5.74, 6) is 0.223. The first kappa shape index (κ1) is 9.91. The van der Waals surface area contributed by atoms with Crippen molar-refractivity contribution in [1.29, 1.82) is 0 Å². The molecular formula is C9H10N2O3. The molecule has 2 rings (SSSR count). The van der Waals surface area contributed by atoms with E-state index < -0.39 is 6.09 Å². The van der Waals surface area contributed by atoms with E-state index in [2.05, 4.69) is 10.7 Å². The summed E-state index contributed by atoms with van der Waals surface area (Å²) in [5.41, 5.74) is 5.00. The molecule has 2 aromatic rings. The Morgan fingerprint density at radius 1 is 1.36 bits per heavy atom. The van der Waals surface area contributed by atoms with E-state index >= 15 is 0 Å². The number of nitrogens with one attached hydrogen (secondary N) is 1. The molecule has 0 atom stereocenters. The number of hydrogen-bond acceptors (Lipinski definition) is 2. The molecule has 0 aliphatic carbocycles. The van der Waals surface area contributed by atoms with Gasteiger partial charge in [-0.3, -0.25) is 0 Å². The number of aromatic amines is 1. The maximum Gasteiger partial charge on any atom is 0.402 e. The van der Waals surface area contributed by atoms with Gasteiger partial charge >= 0.3 is 6.09 Å². The minimum Gasteiger partial charge on any atom is -0.495 e. The van der Waals surface area contributed by atoms with Crippen LogP contribution in [0.3, 0.4) is 0 Å². The van der Waals surface area contributed by atoms with Gasteiger partial charge in [-0.15, -0.1) is 0 Å². The second kappa shape index (κ2) is 4.18. The number of nitrogens with two attached hydrogens (primary N) is 1. The van der Waals surface area contributed by atoms with E-state index in [0.717, 1.165) is 10.9 Å². The molecule has 74 valence electrons. The smallest absolute Gasteiger partial charge is 0.402 e. The van der Waals surface area contributed by atoms with Gasteiger partial charge in [-0.2, -0.15) is 0 Å². The molecule has 5 N–H and O–H groups in total. The first-order chi connectivity index (χ1) is 6.59. The van der Waals surface area contributed by atoms with Crippen LogP contribution in [0.15, 0.2) is 30.3 Å². The van der Waals surface area contributed by atoms with Crippen molar-refractivity contribution in [1.82, 2.24) is 4.98 Å². The monoisotopic (exact) mass is 194 g/mol. The molecule has 0 fully saturated rings. The third-order valence-electron chi connectivity index (χ3n) is 1.52. The second-order valence-corrected chi connectivity index (χ2v) is 2.58. The van der Waals surface area contributed by atoms with Crippen LogP contribution >= 0.6 is 0 Å². The van der Waals surface area contributed by atoms with Gasteiger partial charge in [-0.05, 0) is 6.07 Å². The number of carboxylic acid groups (broad SMARTS) is 1. The summed E-state index contributed by atoms with van der Waals surface area (Å²) >= 11 is 0. The standard InChI is InChI=1S/C8H7NO.CH3NO2/c10-8-5-6-3-1-2-4-7(6)9-8;2-1(3)4/h1-5,9-10H;2H2,(H,3,4). The van der Waals surface area contributed by atoms with Crippen molar-refractivity contribution >= 4 is 17.0 Å². The zero-order valence-corrected chi connectivity index (χ0v) is 7.27. The van der Waals surface area contributed by atoms with Crippen LogP contribution < -0.4 is 5.73 Å². The van der Waals surface area contributed by atoms with E-state index in [1.54, 1.807) is 6.07 Å². The Morgan fingerprint density at radius 3 is 2.50 bits per heavy atom. The van der Waals surface area contributed by atoms with Gasteiger partial charge in [-0.25, -0.2) is 4.79 Å². The number of fused-ring (bicyclic) bond motifs is 1. The minimum absolute atomic E-state index is 0.223. The SMILES string of the molecule is NC(=O)O.Oc1cc2ccccc2[nH]1. The summed E-state index contributed by atoms with van der Waals surface area (Å²) in [6, 6.07) is 9.45. The summed E-state index contributed by atoms with van der Waals surface area (Å²) < 4.78 is 0. The molecule has 0 aliphatic rings. The van der Waals surface area contributed by atoms with Crippen LogP contribution in [-0.2, 0) is 0 Å². The van der Waals surface area contributed by atoms with Crippen molar-refractivity contribution < 1.29 is 15.0 Å². The van der Waals surface area contributed by atoms with Crippen LogP contribution in [0.5, 0.6) is 5.88 Å². The third kappa shape index (κ3) is 2.71. The first-order valence-electron chi connectivity index (χ1n) is 3.84. The van der Waals surface area contributed by atoms with Gasteiger partial charge in [0.05, 0.1) is 0 Å². The predicted molar refractivity (Wildman–Crippen MR) is 52.2 cm³/mol. The number of benzene rings is 1. The largest absolute Gasteiger partial charge is 0.495 e. The summed E-state index contributed by atoms with van der Waals surface area (Å²) in [6.07, 6.45) is -1.33. The number of carbonyl (C=O) groups is 1. The molecule has 5 heteroatoms. The average molecular weight is 194 g/mol. The van der Waals surface area contributed by atoms with Gasteiger partial charge in [0.2, 0.25) is 0 Å². The van der Waals surface area contributed by atoms with Crippen molar-refractivity contribution in [2.45, 2.75) is 0 Å². The van der Waals surface area contributed by atoms with E-state index in [1.165, 1.54) is 0 Å². The van der Waals surface area contributed by atoms with Gasteiger partial charge in [0, 0.05) is 17.0 Å². The van der Waals surface area contributed by atoms with Crippen LogP contribution in [0.25, 0.3) is 10.9 Å². The maximum atomic E-state index is 9.00. The summed E-state index contributed by atoms with van der Waals surface area (Å²) in [7, 11) is 0. The van der Waals surface area contributed by atoms with E-state index in [9.17, 15) is 0 Å². The number of aromatic hydroxyl groups is 1. The Labute approximate surface area is 79.8 Å². The summed E-state index contributed by atoms with van der Waals surface area (Å²) in [5, 5.41) is 17.2. The number of amides is 1. The Hall–Kier alpha value is -2.17. The van der Waals surface area contributed by atoms with Crippen molar-refractivity contribution in [3.8, 4) is 5.88 Å². The number of aromatic nitrogens is 1. The predicted octanol–water partition coefficient (Wildman–Crippen LogP) is 1.50. The van der Waals surface area contributed by atoms with Crippen LogP contribution in [0.4, 0.5) is 4.79 Å². The molecule has 0 saturated carbocycles. The molecule has 0 aliphatic heterocycles. The molecule has 0 saturated heterocycles. The lowest BCUT2D eigenvalue weighted by Gasteiger charge is -1.83. The summed E-state index contributed by atoms with van der Waals surface area (Å²) in [6.45, 7) is 0. The molecule has 1 aromatic heterocycles. The number of H-pyrrole nitrogens is 1. The van der Waals surface area contributed by atoms with Crippen molar-refractivity contribution in [3.05, 3.63) is 30.3 Å². The van der Waals surface area contributed by atoms with Crippen LogP contribution in [0, 0.1) is 0 Å². The number of hydrogen-bond donors (Lipinski definition) is 4. The first-order valence-corrected chi connectivity index (χ1v) is 3.84. The van der Waals surface area contributed by atoms with Gasteiger partial charge in [-0.1, -0.05) is 18.2 Å². The van der Waals surface area contributed by atoms with Crippen LogP contribution in [0.1, 0.15) is 0 Å². The van der Waals surface area contributed by atoms with E-state index in [0.29, 0.717) is 0 Å². The Kier molecular flexibility index (Phi) is 2.96. The topological polar surface area (TPSA) is 99.3 Å². The van der Waals surface area contributed by atoms with E-state index in [4.69, 9.17) is 15.0 Å². The number of rotatable bonds is 0. The molecule has 1 aromatic carbocycles. The third-order valence-corrected chi connectivity index (χ3v) is 1.52. The van der Waals surface area contributed by atoms with Crippen molar-refractivity contribution in [3.63, 3.8) is 0 Å². The van der Waals surface area contributed by atoms with Gasteiger partial charge in [0.25, 0.3) is 0 Å². The Morgan fingerprint density at radius 2 is 1.93 bits per heavy atom. The van der Waals surface area contributed by atoms with Crippen molar-refractivity contribution in [2.75, 3.05) is 0 Å². The average Bonchev–Trinajstić information content (AvgIpc) is 2.42. The number of primary amides is 1. The highest BCUT2D eigenvalue weighted by Gasteiger charge is 1.94. The molecular weight excluding hydrogens is 184 g/mol. The van der Waals surface area contributed by atoms with E-state index in [-0.39, 0.29) is 5.88 Å². The molecule has 0 bridgehead atoms. The highest BCUT2D eigenvalue weighted by atomic mass is 16.4. The molecule has 0 spiro atoms. The second-order valence-electron chi connectivity index (χ2n) is 2.58. The highest BCUT2D eigenvalue weighted by Crippen LogP contribution is 2.17. The molecule has 5 nitrogen and oxygen atoms in total. The van der Waals surface area contributed by atoms with Gasteiger partial charge in [0.15, 0.2) is 5.88 Å². The highest BCUT2D eigenvalue weighted by molar-refractivity contribution is 5.80. The lowest BCUT2D eigenvalue weighted by atomic mass is 10.3. The summed E-state index contributed by atoms with van der Waals surface area (Å²) in [4.78, 5) is 11.6. The zero-order chi connectivity index (χ0) is 10.6. The van der Waals surface area contributed by atoms with Crippen LogP contribution in [0.2, 0.25) is 0 Å². The number of para-hydroxylation sites is 1. The quantitative estimate of drug-likeness (QED) is 0.511. The van der Waals surface area contributed by atoms with Gasteiger partial charge in [0.1, 0.15) is 0 Å². The minimum atomic E-state index is -1.33. The lowest BCUT2D eigenvalue weighted by molar-refractivity contribution is 0.205. The molecule has 0 radical (unpaired) electrons. The molecule has 0 unspecified atom stereocenters. The molecule has 1 amide bonds. The van der Waals surface area contributed by atoms with Crippen molar-refractivity contribution in [2.24, 2.45) is 5.73 Å². The fourth-order valence-electron chi connectivity index (χ4n) is 1.06. The fraction of sp³-hybridized carbons (Fsp3) is 0. The lowest BCUT2D eigenvalue weighted by Crippen LogP contribution is -2.03. The fourth-order valence-corrected chi connectivity index (χ4v) is 1.06. The molecule has 14 heavy (non-hydrogen) atoms.